The fourth-order valence-electron chi connectivity index (χ4n) is 2.40. The third kappa shape index (κ3) is 3.30. The second-order valence-corrected chi connectivity index (χ2v) is 5.88. The molecule has 0 amide bonds. The number of carbonyl (C=O) groups is 1. The molecule has 0 fully saturated rings. The monoisotopic (exact) mass is 360 g/mol. The van der Waals surface area contributed by atoms with Gasteiger partial charge in [-0.05, 0) is 31.2 Å². The van der Waals surface area contributed by atoms with E-state index in [1.165, 1.54) is 6.20 Å². The summed E-state index contributed by atoms with van der Waals surface area (Å²) < 4.78 is 5.13. The number of benzene rings is 2. The van der Waals surface area contributed by atoms with Crippen molar-refractivity contribution < 1.29 is 9.53 Å². The molecule has 1 aromatic heterocycles. The van der Waals surface area contributed by atoms with E-state index in [1.54, 1.807) is 19.1 Å². The van der Waals surface area contributed by atoms with Crippen LogP contribution >= 0.6 is 23.2 Å². The van der Waals surface area contributed by atoms with Gasteiger partial charge >= 0.3 is 5.97 Å². The highest BCUT2D eigenvalue weighted by atomic mass is 35.5. The van der Waals surface area contributed by atoms with E-state index < -0.39 is 5.97 Å². The molecule has 0 saturated heterocycles. The molecule has 0 spiro atoms. The van der Waals surface area contributed by atoms with E-state index in [4.69, 9.17) is 27.9 Å². The van der Waals surface area contributed by atoms with E-state index in [-0.39, 0.29) is 6.61 Å². The van der Waals surface area contributed by atoms with Gasteiger partial charge in [0.25, 0.3) is 0 Å². The van der Waals surface area contributed by atoms with Crippen LogP contribution in [-0.2, 0) is 4.74 Å². The minimum atomic E-state index is -0.462. The van der Waals surface area contributed by atoms with Crippen molar-refractivity contribution in [3.8, 4) is 0 Å². The lowest BCUT2D eigenvalue weighted by Crippen LogP contribution is -2.09. The Bertz CT molecular complexity index is 898. The van der Waals surface area contributed by atoms with E-state index in [0.717, 1.165) is 5.69 Å². The highest BCUT2D eigenvalue weighted by molar-refractivity contribution is 6.39. The standard InChI is InChI=1S/C18H14Cl2N2O2/c1-2-24-18(23)13-10-21-15-9-11(19)8-14(20)16(15)17(13)22-12-6-4-3-5-7-12/h3-10H,2H2,1H3,(H,21,22). The Morgan fingerprint density at radius 1 is 1.21 bits per heavy atom. The summed E-state index contributed by atoms with van der Waals surface area (Å²) in [7, 11) is 0. The Morgan fingerprint density at radius 2 is 1.96 bits per heavy atom. The summed E-state index contributed by atoms with van der Waals surface area (Å²) in [5, 5.41) is 4.76. The number of ether oxygens (including phenoxy) is 1. The zero-order valence-corrected chi connectivity index (χ0v) is 14.4. The van der Waals surface area contributed by atoms with Crippen LogP contribution in [0.15, 0.2) is 48.7 Å². The molecule has 122 valence electrons. The van der Waals surface area contributed by atoms with Crippen molar-refractivity contribution in [2.45, 2.75) is 6.92 Å². The predicted octanol–water partition coefficient (Wildman–Crippen LogP) is 5.46. The average Bonchev–Trinajstić information content (AvgIpc) is 2.55. The van der Waals surface area contributed by atoms with Gasteiger partial charge in [-0.25, -0.2) is 4.79 Å². The van der Waals surface area contributed by atoms with Gasteiger partial charge in [0.15, 0.2) is 0 Å². The Kier molecular flexibility index (Phi) is 4.88. The number of nitrogens with zero attached hydrogens (tertiary/aromatic N) is 1. The van der Waals surface area contributed by atoms with Crippen molar-refractivity contribution in [3.05, 3.63) is 64.3 Å². The molecule has 1 N–H and O–H groups in total. The van der Waals surface area contributed by atoms with Crippen LogP contribution in [0.1, 0.15) is 17.3 Å². The van der Waals surface area contributed by atoms with Gasteiger partial charge < -0.3 is 10.1 Å². The van der Waals surface area contributed by atoms with Gasteiger partial charge in [-0.3, -0.25) is 4.98 Å². The number of hydrogen-bond acceptors (Lipinski definition) is 4. The van der Waals surface area contributed by atoms with Crippen LogP contribution in [0.5, 0.6) is 0 Å². The SMILES string of the molecule is CCOC(=O)c1cnc2cc(Cl)cc(Cl)c2c1Nc1ccccc1. The fraction of sp³-hybridized carbons (Fsp3) is 0.111. The third-order valence-corrected chi connectivity index (χ3v) is 3.94. The molecule has 3 aromatic rings. The molecule has 0 atom stereocenters. The van der Waals surface area contributed by atoms with Gasteiger partial charge in [-0.2, -0.15) is 0 Å². The Hall–Kier alpha value is -2.30. The summed E-state index contributed by atoms with van der Waals surface area (Å²) in [6, 6.07) is 12.8. The van der Waals surface area contributed by atoms with Gasteiger partial charge in [0.1, 0.15) is 5.56 Å². The van der Waals surface area contributed by atoms with Crippen molar-refractivity contribution in [3.63, 3.8) is 0 Å². The maximum atomic E-state index is 12.3. The largest absolute Gasteiger partial charge is 0.462 e. The van der Waals surface area contributed by atoms with Crippen LogP contribution in [-0.4, -0.2) is 17.6 Å². The molecule has 0 radical (unpaired) electrons. The van der Waals surface area contributed by atoms with E-state index in [2.05, 4.69) is 10.3 Å². The van der Waals surface area contributed by atoms with Gasteiger partial charge in [0.05, 0.1) is 22.8 Å². The summed E-state index contributed by atoms with van der Waals surface area (Å²) in [6.07, 6.45) is 1.47. The number of carbonyl (C=O) groups excluding carboxylic acids is 1. The van der Waals surface area contributed by atoms with E-state index in [1.807, 2.05) is 30.3 Å². The molecule has 2 aromatic carbocycles. The van der Waals surface area contributed by atoms with Gasteiger partial charge in [-0.1, -0.05) is 41.4 Å². The van der Waals surface area contributed by atoms with Gasteiger partial charge in [0.2, 0.25) is 0 Å². The number of pyridine rings is 1. The second-order valence-electron chi connectivity index (χ2n) is 5.04. The minimum absolute atomic E-state index is 0.274. The number of aromatic nitrogens is 1. The molecule has 0 bridgehead atoms. The summed E-state index contributed by atoms with van der Waals surface area (Å²) in [5.74, 6) is -0.462. The van der Waals surface area contributed by atoms with E-state index in [9.17, 15) is 4.79 Å². The van der Waals surface area contributed by atoms with Crippen molar-refractivity contribution in [2.24, 2.45) is 0 Å². The average molecular weight is 361 g/mol. The molecule has 0 aliphatic heterocycles. The zero-order chi connectivity index (χ0) is 17.1. The maximum absolute atomic E-state index is 12.3. The van der Waals surface area contributed by atoms with Gasteiger partial charge in [0, 0.05) is 22.3 Å². The molecule has 0 aliphatic carbocycles. The second kappa shape index (κ2) is 7.07. The summed E-state index contributed by atoms with van der Waals surface area (Å²) in [4.78, 5) is 16.6. The molecule has 6 heteroatoms. The molecule has 1 heterocycles. The number of nitrogens with one attached hydrogen (secondary N) is 1. The first-order chi connectivity index (χ1) is 11.6. The molecule has 0 unspecified atom stereocenters. The molecule has 3 rings (SSSR count). The third-order valence-electron chi connectivity index (χ3n) is 3.42. The number of esters is 1. The number of anilines is 2. The van der Waals surface area contributed by atoms with Crippen LogP contribution in [0.2, 0.25) is 10.0 Å². The summed E-state index contributed by atoms with van der Waals surface area (Å²) in [6.45, 7) is 2.03. The van der Waals surface area contributed by atoms with Crippen molar-refractivity contribution in [2.75, 3.05) is 11.9 Å². The van der Waals surface area contributed by atoms with E-state index >= 15 is 0 Å². The quantitative estimate of drug-likeness (QED) is 0.627. The first-order valence-corrected chi connectivity index (χ1v) is 8.12. The lowest BCUT2D eigenvalue weighted by molar-refractivity contribution is 0.0527. The Labute approximate surface area is 149 Å². The number of fused-ring (bicyclic) bond motifs is 1. The Balaban J connectivity index is 2.23. The summed E-state index contributed by atoms with van der Waals surface area (Å²) in [5.41, 5.74) is 2.28. The molecular formula is C18H14Cl2N2O2. The number of halogens is 2. The van der Waals surface area contributed by atoms with Gasteiger partial charge in [-0.15, -0.1) is 0 Å². The van der Waals surface area contributed by atoms with Crippen molar-refractivity contribution >= 4 is 51.4 Å². The zero-order valence-electron chi connectivity index (χ0n) is 12.8. The first-order valence-electron chi connectivity index (χ1n) is 7.37. The molecular weight excluding hydrogens is 347 g/mol. The topological polar surface area (TPSA) is 51.2 Å². The number of rotatable bonds is 4. The van der Waals surface area contributed by atoms with Crippen LogP contribution < -0.4 is 5.32 Å². The van der Waals surface area contributed by atoms with Crippen LogP contribution in [0.3, 0.4) is 0 Å². The lowest BCUT2D eigenvalue weighted by Gasteiger charge is -2.15. The lowest BCUT2D eigenvalue weighted by atomic mass is 10.1. The summed E-state index contributed by atoms with van der Waals surface area (Å²) >= 11 is 12.4. The van der Waals surface area contributed by atoms with Crippen LogP contribution in [0.25, 0.3) is 10.9 Å². The fourth-order valence-corrected chi connectivity index (χ4v) is 2.98. The van der Waals surface area contributed by atoms with Crippen molar-refractivity contribution in [1.29, 1.82) is 0 Å². The molecule has 0 aliphatic rings. The number of hydrogen-bond donors (Lipinski definition) is 1. The minimum Gasteiger partial charge on any atom is -0.462 e. The molecule has 0 saturated carbocycles. The normalized spacial score (nSPS) is 10.6. The molecule has 4 nitrogen and oxygen atoms in total. The van der Waals surface area contributed by atoms with E-state index in [0.29, 0.717) is 32.2 Å². The molecule has 24 heavy (non-hydrogen) atoms. The van der Waals surface area contributed by atoms with Crippen LogP contribution in [0.4, 0.5) is 11.4 Å². The highest BCUT2D eigenvalue weighted by Gasteiger charge is 2.19. The maximum Gasteiger partial charge on any atom is 0.341 e. The smallest absolute Gasteiger partial charge is 0.341 e. The van der Waals surface area contributed by atoms with Crippen LogP contribution in [0, 0.1) is 0 Å². The Morgan fingerprint density at radius 3 is 2.67 bits per heavy atom. The van der Waals surface area contributed by atoms with Crippen molar-refractivity contribution in [1.82, 2.24) is 4.98 Å². The number of para-hydroxylation sites is 1. The highest BCUT2D eigenvalue weighted by Crippen LogP contribution is 2.36. The predicted molar refractivity (Wildman–Crippen MR) is 97.4 cm³/mol. The first kappa shape index (κ1) is 16.6.